The van der Waals surface area contributed by atoms with Gasteiger partial charge < -0.3 is 4.52 Å². The molecule has 0 aromatic carbocycles. The maximum absolute atomic E-state index is 12.2. The number of carbonyl (C=O) groups excluding carboxylic acids is 1. The number of hydrogen-bond donors (Lipinski definition) is 0. The molecule has 1 aromatic heterocycles. The molecule has 0 N–H and O–H groups in total. The third kappa shape index (κ3) is 2.70. The fourth-order valence-electron chi connectivity index (χ4n) is 0.839. The van der Waals surface area contributed by atoms with E-state index < -0.39 is 18.6 Å². The van der Waals surface area contributed by atoms with E-state index >= 15 is 0 Å². The van der Waals surface area contributed by atoms with Crippen molar-refractivity contribution < 1.29 is 22.5 Å². The lowest BCUT2D eigenvalue weighted by molar-refractivity contribution is -0.146. The van der Waals surface area contributed by atoms with Crippen LogP contribution in [-0.2, 0) is 11.2 Å². The van der Waals surface area contributed by atoms with Crippen LogP contribution in [-0.4, -0.2) is 23.5 Å². The van der Waals surface area contributed by atoms with E-state index in [0.717, 1.165) is 12.3 Å². The number of rotatable bonds is 3. The molecule has 0 amide bonds. The highest BCUT2D eigenvalue weighted by Crippen LogP contribution is 2.25. The Kier molecular flexibility index (Phi) is 3.03. The van der Waals surface area contributed by atoms with E-state index in [0.29, 0.717) is 0 Å². The fourth-order valence-corrected chi connectivity index (χ4v) is 0.839. The monoisotopic (exact) mass is 206 g/mol. The predicted octanol–water partition coefficient (Wildman–Crippen LogP) is 1.48. The Morgan fingerprint density at radius 1 is 1.64 bits per heavy atom. The van der Waals surface area contributed by atoms with E-state index in [2.05, 4.69) is 14.7 Å². The maximum Gasteiger partial charge on any atom is 0.412 e. The van der Waals surface area contributed by atoms with Crippen LogP contribution in [0.5, 0.6) is 0 Å². The Balaban J connectivity index is 2.75. The number of isocyanates is 1. The lowest BCUT2D eigenvalue weighted by Gasteiger charge is -2.12. The minimum absolute atomic E-state index is 0.0892. The zero-order valence-electron chi connectivity index (χ0n) is 6.78. The molecule has 0 saturated carbocycles. The number of aliphatic imine (C=N–C) groups is 1. The fraction of sp³-hybridized carbons (Fsp3) is 0.429. The number of nitrogens with zero attached hydrogens (tertiary/aromatic N) is 2. The molecule has 0 radical (unpaired) electrons. The summed E-state index contributed by atoms with van der Waals surface area (Å²) < 4.78 is 40.9. The van der Waals surface area contributed by atoms with Crippen molar-refractivity contribution in [3.05, 3.63) is 18.0 Å². The smallest absolute Gasteiger partial charge is 0.365 e. The first-order valence-corrected chi connectivity index (χ1v) is 3.57. The van der Waals surface area contributed by atoms with Crippen LogP contribution < -0.4 is 0 Å². The van der Waals surface area contributed by atoms with Crippen LogP contribution in [0.15, 0.2) is 21.8 Å². The standard InChI is InChI=1S/C7H5F3N2O2/c8-7(9,10)6(11-4-13)3-5-1-2-14-12-5/h1-2,6H,3H2. The Morgan fingerprint density at radius 2 is 2.36 bits per heavy atom. The Morgan fingerprint density at radius 3 is 2.79 bits per heavy atom. The molecule has 76 valence electrons. The van der Waals surface area contributed by atoms with Crippen molar-refractivity contribution in [2.45, 2.75) is 18.6 Å². The molecule has 7 heteroatoms. The van der Waals surface area contributed by atoms with Gasteiger partial charge in [-0.2, -0.15) is 18.2 Å². The van der Waals surface area contributed by atoms with Gasteiger partial charge >= 0.3 is 6.18 Å². The summed E-state index contributed by atoms with van der Waals surface area (Å²) in [6, 6.07) is -0.830. The van der Waals surface area contributed by atoms with E-state index in [9.17, 15) is 18.0 Å². The Labute approximate surface area is 76.4 Å². The second-order valence-corrected chi connectivity index (χ2v) is 2.47. The summed E-state index contributed by atoms with van der Waals surface area (Å²) in [4.78, 5) is 12.4. The van der Waals surface area contributed by atoms with Gasteiger partial charge in [-0.05, 0) is 0 Å². The molecule has 1 atom stereocenters. The maximum atomic E-state index is 12.2. The second-order valence-electron chi connectivity index (χ2n) is 2.47. The van der Waals surface area contributed by atoms with Crippen molar-refractivity contribution in [1.82, 2.24) is 5.16 Å². The van der Waals surface area contributed by atoms with Gasteiger partial charge in [0, 0.05) is 12.5 Å². The normalized spacial score (nSPS) is 13.4. The van der Waals surface area contributed by atoms with Crippen LogP contribution in [0.25, 0.3) is 0 Å². The van der Waals surface area contributed by atoms with Crippen molar-refractivity contribution in [2.75, 3.05) is 0 Å². The average Bonchev–Trinajstić information content (AvgIpc) is 2.54. The number of aromatic nitrogens is 1. The minimum atomic E-state index is -4.57. The second kappa shape index (κ2) is 4.06. The van der Waals surface area contributed by atoms with Crippen molar-refractivity contribution in [3.8, 4) is 0 Å². The molecule has 1 heterocycles. The highest BCUT2D eigenvalue weighted by molar-refractivity contribution is 5.34. The Bertz CT molecular complexity index is 327. The lowest BCUT2D eigenvalue weighted by Crippen LogP contribution is -2.29. The van der Waals surface area contributed by atoms with Gasteiger partial charge in [0.25, 0.3) is 0 Å². The van der Waals surface area contributed by atoms with Gasteiger partial charge in [-0.15, -0.1) is 0 Å². The number of alkyl halides is 3. The van der Waals surface area contributed by atoms with Crippen LogP contribution >= 0.6 is 0 Å². The van der Waals surface area contributed by atoms with Crippen LogP contribution in [0, 0.1) is 0 Å². The molecule has 0 saturated heterocycles. The molecular formula is C7H5F3N2O2. The zero-order valence-corrected chi connectivity index (χ0v) is 6.78. The lowest BCUT2D eigenvalue weighted by atomic mass is 10.1. The molecule has 0 aliphatic rings. The molecule has 0 bridgehead atoms. The quantitative estimate of drug-likeness (QED) is 0.556. The summed E-state index contributed by atoms with van der Waals surface area (Å²) in [5.41, 5.74) is 0.0892. The molecule has 0 spiro atoms. The van der Waals surface area contributed by atoms with E-state index in [1.165, 1.54) is 6.07 Å². The summed E-state index contributed by atoms with van der Waals surface area (Å²) in [6.07, 6.45) is -3.06. The topological polar surface area (TPSA) is 55.5 Å². The average molecular weight is 206 g/mol. The molecule has 1 aromatic rings. The third-order valence-corrected chi connectivity index (χ3v) is 1.48. The number of halogens is 3. The van der Waals surface area contributed by atoms with Gasteiger partial charge in [0.1, 0.15) is 6.26 Å². The molecule has 0 aliphatic carbocycles. The van der Waals surface area contributed by atoms with E-state index in [-0.39, 0.29) is 5.69 Å². The third-order valence-electron chi connectivity index (χ3n) is 1.48. The van der Waals surface area contributed by atoms with Crippen molar-refractivity contribution in [3.63, 3.8) is 0 Å². The predicted molar refractivity (Wildman–Crippen MR) is 38.2 cm³/mol. The molecule has 1 rings (SSSR count). The highest BCUT2D eigenvalue weighted by Gasteiger charge is 2.40. The van der Waals surface area contributed by atoms with Crippen LogP contribution in [0.2, 0.25) is 0 Å². The highest BCUT2D eigenvalue weighted by atomic mass is 19.4. The van der Waals surface area contributed by atoms with Gasteiger partial charge in [-0.1, -0.05) is 5.16 Å². The van der Waals surface area contributed by atoms with Crippen molar-refractivity contribution >= 4 is 6.08 Å². The molecule has 0 fully saturated rings. The molecule has 0 aliphatic heterocycles. The first-order valence-electron chi connectivity index (χ1n) is 3.57. The van der Waals surface area contributed by atoms with Gasteiger partial charge in [0.05, 0.1) is 5.69 Å². The molecular weight excluding hydrogens is 201 g/mol. The summed E-state index contributed by atoms with van der Waals surface area (Å²) in [7, 11) is 0. The summed E-state index contributed by atoms with van der Waals surface area (Å²) in [6.45, 7) is 0. The van der Waals surface area contributed by atoms with Gasteiger partial charge in [-0.25, -0.2) is 4.79 Å². The first-order chi connectivity index (χ1) is 6.54. The Hall–Kier alpha value is -1.62. The van der Waals surface area contributed by atoms with Crippen LogP contribution in [0.4, 0.5) is 13.2 Å². The van der Waals surface area contributed by atoms with E-state index in [1.54, 1.807) is 0 Å². The largest absolute Gasteiger partial charge is 0.412 e. The zero-order chi connectivity index (χ0) is 10.6. The molecule has 4 nitrogen and oxygen atoms in total. The van der Waals surface area contributed by atoms with Gasteiger partial charge in [0.15, 0.2) is 6.04 Å². The van der Waals surface area contributed by atoms with Crippen molar-refractivity contribution in [2.24, 2.45) is 4.99 Å². The van der Waals surface area contributed by atoms with Crippen LogP contribution in [0.1, 0.15) is 5.69 Å². The summed E-state index contributed by atoms with van der Waals surface area (Å²) >= 11 is 0. The van der Waals surface area contributed by atoms with Crippen LogP contribution in [0.3, 0.4) is 0 Å². The van der Waals surface area contributed by atoms with Crippen molar-refractivity contribution in [1.29, 1.82) is 0 Å². The summed E-state index contributed by atoms with van der Waals surface area (Å²) in [5, 5.41) is 3.29. The SMILES string of the molecule is O=C=NC(Cc1ccon1)C(F)(F)F. The summed E-state index contributed by atoms with van der Waals surface area (Å²) in [5.74, 6) is 0. The molecule has 14 heavy (non-hydrogen) atoms. The minimum Gasteiger partial charge on any atom is -0.365 e. The van der Waals surface area contributed by atoms with Gasteiger partial charge in [-0.3, -0.25) is 0 Å². The van der Waals surface area contributed by atoms with E-state index in [1.807, 2.05) is 0 Å². The first kappa shape index (κ1) is 10.5. The number of hydrogen-bond acceptors (Lipinski definition) is 4. The van der Waals surface area contributed by atoms with E-state index in [4.69, 9.17) is 0 Å². The molecule has 1 unspecified atom stereocenters. The van der Waals surface area contributed by atoms with Gasteiger partial charge in [0.2, 0.25) is 6.08 Å².